The van der Waals surface area contributed by atoms with Crippen LogP contribution in [-0.2, 0) is 14.3 Å². The van der Waals surface area contributed by atoms with Crippen LogP contribution in [-0.4, -0.2) is 31.3 Å². The van der Waals surface area contributed by atoms with Gasteiger partial charge in [0.15, 0.2) is 0 Å². The lowest BCUT2D eigenvalue weighted by Gasteiger charge is -2.21. The molecular weight excluding hydrogens is 392 g/mol. The van der Waals surface area contributed by atoms with E-state index in [1.807, 2.05) is 63.2 Å². The summed E-state index contributed by atoms with van der Waals surface area (Å²) < 4.78 is 16.3. The molecule has 0 radical (unpaired) electrons. The van der Waals surface area contributed by atoms with Gasteiger partial charge < -0.3 is 14.2 Å². The number of carbonyl (C=O) groups is 2. The molecule has 3 rings (SSSR count). The van der Waals surface area contributed by atoms with Crippen molar-refractivity contribution >= 4 is 28.8 Å². The van der Waals surface area contributed by atoms with E-state index in [9.17, 15) is 9.59 Å². The number of fused-ring (bicyclic) bond motifs is 1. The Kier molecular flexibility index (Phi) is 6.75. The third kappa shape index (κ3) is 5.95. The van der Waals surface area contributed by atoms with Gasteiger partial charge in [0, 0.05) is 5.39 Å². The molecule has 0 aliphatic heterocycles. The molecule has 5 nitrogen and oxygen atoms in total. The summed E-state index contributed by atoms with van der Waals surface area (Å²) in [6.45, 7) is 5.50. The Hall–Kier alpha value is -3.60. The Bertz CT molecular complexity index is 1100. The zero-order chi connectivity index (χ0) is 22.4. The molecule has 0 heterocycles. The minimum absolute atomic E-state index is 0.0433. The van der Waals surface area contributed by atoms with Gasteiger partial charge in [-0.2, -0.15) is 0 Å². The maximum absolute atomic E-state index is 12.8. The van der Waals surface area contributed by atoms with Gasteiger partial charge in [0.1, 0.15) is 18.0 Å². The summed E-state index contributed by atoms with van der Waals surface area (Å²) in [5.41, 5.74) is 0.916. The highest BCUT2D eigenvalue weighted by molar-refractivity contribution is 5.95. The first-order valence-corrected chi connectivity index (χ1v) is 10.00. The Morgan fingerprint density at radius 2 is 1.58 bits per heavy atom. The van der Waals surface area contributed by atoms with Crippen molar-refractivity contribution < 1.29 is 23.8 Å². The molecule has 160 valence electrons. The van der Waals surface area contributed by atoms with Gasteiger partial charge in [-0.15, -0.1) is 0 Å². The van der Waals surface area contributed by atoms with E-state index < -0.39 is 17.5 Å². The molecule has 0 N–H and O–H groups in total. The van der Waals surface area contributed by atoms with Crippen LogP contribution in [0.4, 0.5) is 0 Å². The van der Waals surface area contributed by atoms with Crippen molar-refractivity contribution in [2.45, 2.75) is 26.4 Å². The van der Waals surface area contributed by atoms with Crippen LogP contribution in [0, 0.1) is 0 Å². The molecule has 3 aromatic rings. The zero-order valence-electron chi connectivity index (χ0n) is 18.2. The summed E-state index contributed by atoms with van der Waals surface area (Å²) in [4.78, 5) is 24.5. The average Bonchev–Trinajstić information content (AvgIpc) is 2.75. The molecule has 0 fully saturated rings. The molecule has 0 unspecified atom stereocenters. The summed E-state index contributed by atoms with van der Waals surface area (Å²) in [7, 11) is 1.33. The van der Waals surface area contributed by atoms with Crippen molar-refractivity contribution in [3.05, 3.63) is 83.4 Å². The number of benzene rings is 3. The second-order valence-electron chi connectivity index (χ2n) is 8.05. The second-order valence-corrected chi connectivity index (χ2v) is 8.05. The van der Waals surface area contributed by atoms with Crippen LogP contribution in [0.2, 0.25) is 0 Å². The van der Waals surface area contributed by atoms with Crippen LogP contribution >= 0.6 is 0 Å². The van der Waals surface area contributed by atoms with Crippen LogP contribution in [0.1, 0.15) is 36.7 Å². The number of esters is 2. The fourth-order valence-corrected chi connectivity index (χ4v) is 3.01. The number of carbonyl (C=O) groups excluding carboxylic acids is 2. The number of rotatable bonds is 6. The molecule has 0 spiro atoms. The van der Waals surface area contributed by atoms with Gasteiger partial charge in [-0.25, -0.2) is 9.59 Å². The van der Waals surface area contributed by atoms with Gasteiger partial charge in [-0.05, 0) is 56.0 Å². The molecule has 0 bridgehead atoms. The second kappa shape index (κ2) is 9.47. The summed E-state index contributed by atoms with van der Waals surface area (Å²) in [5, 5.41) is 2.03. The quantitative estimate of drug-likeness (QED) is 0.395. The van der Waals surface area contributed by atoms with E-state index in [0.29, 0.717) is 16.9 Å². The third-order valence-electron chi connectivity index (χ3n) is 4.47. The Morgan fingerprint density at radius 1 is 0.903 bits per heavy atom. The van der Waals surface area contributed by atoms with Crippen LogP contribution < -0.4 is 4.74 Å². The SMILES string of the molecule is COC(=O)c1ccc(/C=C(/COc2cccc3ccccc23)C(=O)OC(C)(C)C)cc1. The van der Waals surface area contributed by atoms with E-state index in [1.165, 1.54) is 7.11 Å². The van der Waals surface area contributed by atoms with Crippen molar-refractivity contribution in [2.75, 3.05) is 13.7 Å². The maximum atomic E-state index is 12.8. The molecule has 0 aromatic heterocycles. The van der Waals surface area contributed by atoms with Gasteiger partial charge >= 0.3 is 11.9 Å². The van der Waals surface area contributed by atoms with E-state index in [0.717, 1.165) is 16.3 Å². The van der Waals surface area contributed by atoms with Crippen molar-refractivity contribution in [3.63, 3.8) is 0 Å². The first kappa shape index (κ1) is 22.1. The fourth-order valence-electron chi connectivity index (χ4n) is 3.01. The van der Waals surface area contributed by atoms with Gasteiger partial charge in [0.05, 0.1) is 18.2 Å². The average molecular weight is 418 g/mol. The monoisotopic (exact) mass is 418 g/mol. The maximum Gasteiger partial charge on any atom is 0.338 e. The summed E-state index contributed by atoms with van der Waals surface area (Å²) >= 11 is 0. The van der Waals surface area contributed by atoms with Crippen LogP contribution in [0.25, 0.3) is 16.8 Å². The first-order chi connectivity index (χ1) is 14.8. The Morgan fingerprint density at radius 3 is 2.26 bits per heavy atom. The highest BCUT2D eigenvalue weighted by atomic mass is 16.6. The molecule has 0 amide bonds. The fraction of sp³-hybridized carbons (Fsp3) is 0.231. The topological polar surface area (TPSA) is 61.8 Å². The Balaban J connectivity index is 1.88. The summed E-state index contributed by atoms with van der Waals surface area (Å²) in [6, 6.07) is 20.5. The van der Waals surface area contributed by atoms with Gasteiger partial charge in [-0.1, -0.05) is 48.5 Å². The lowest BCUT2D eigenvalue weighted by atomic mass is 10.1. The number of ether oxygens (including phenoxy) is 3. The highest BCUT2D eigenvalue weighted by Crippen LogP contribution is 2.26. The highest BCUT2D eigenvalue weighted by Gasteiger charge is 2.21. The van der Waals surface area contributed by atoms with E-state index in [1.54, 1.807) is 30.3 Å². The van der Waals surface area contributed by atoms with E-state index in [-0.39, 0.29) is 6.61 Å². The first-order valence-electron chi connectivity index (χ1n) is 10.00. The van der Waals surface area contributed by atoms with Crippen molar-refractivity contribution in [1.82, 2.24) is 0 Å². The molecule has 5 heteroatoms. The molecule has 0 aliphatic rings. The van der Waals surface area contributed by atoms with Crippen molar-refractivity contribution in [3.8, 4) is 5.75 Å². The largest absolute Gasteiger partial charge is 0.488 e. The zero-order valence-corrected chi connectivity index (χ0v) is 18.2. The number of hydrogen-bond donors (Lipinski definition) is 0. The molecule has 0 aliphatic carbocycles. The standard InChI is InChI=1S/C26H26O5/c1-26(2,3)31-25(28)21(16-18-12-14-20(15-13-18)24(27)29-4)17-30-23-11-7-9-19-8-5-6-10-22(19)23/h5-16H,17H2,1-4H3/b21-16-. The molecule has 3 aromatic carbocycles. The summed E-state index contributed by atoms with van der Waals surface area (Å²) in [5.74, 6) is -0.180. The van der Waals surface area contributed by atoms with E-state index in [4.69, 9.17) is 14.2 Å². The molecular formula is C26H26O5. The predicted octanol–water partition coefficient (Wildman–Crippen LogP) is 5.43. The van der Waals surface area contributed by atoms with Crippen molar-refractivity contribution in [1.29, 1.82) is 0 Å². The number of hydrogen-bond acceptors (Lipinski definition) is 5. The summed E-state index contributed by atoms with van der Waals surface area (Å²) in [6.07, 6.45) is 1.71. The van der Waals surface area contributed by atoms with Crippen LogP contribution in [0.3, 0.4) is 0 Å². The van der Waals surface area contributed by atoms with E-state index in [2.05, 4.69) is 0 Å². The smallest absolute Gasteiger partial charge is 0.338 e. The van der Waals surface area contributed by atoms with Gasteiger partial charge in [-0.3, -0.25) is 0 Å². The normalized spacial score (nSPS) is 11.8. The molecule has 31 heavy (non-hydrogen) atoms. The minimum Gasteiger partial charge on any atom is -0.488 e. The van der Waals surface area contributed by atoms with Crippen LogP contribution in [0.5, 0.6) is 5.75 Å². The molecule has 0 saturated heterocycles. The van der Waals surface area contributed by atoms with E-state index >= 15 is 0 Å². The van der Waals surface area contributed by atoms with Gasteiger partial charge in [0.2, 0.25) is 0 Å². The predicted molar refractivity (Wildman–Crippen MR) is 121 cm³/mol. The molecule has 0 atom stereocenters. The number of methoxy groups -OCH3 is 1. The van der Waals surface area contributed by atoms with Crippen molar-refractivity contribution in [2.24, 2.45) is 0 Å². The minimum atomic E-state index is -0.635. The third-order valence-corrected chi connectivity index (χ3v) is 4.47. The lowest BCUT2D eigenvalue weighted by molar-refractivity contribution is -0.150. The lowest BCUT2D eigenvalue weighted by Crippen LogP contribution is -2.26. The molecule has 0 saturated carbocycles. The Labute approximate surface area is 182 Å². The van der Waals surface area contributed by atoms with Gasteiger partial charge in [0.25, 0.3) is 0 Å². The van der Waals surface area contributed by atoms with Crippen LogP contribution in [0.15, 0.2) is 72.3 Å².